The van der Waals surface area contributed by atoms with E-state index in [1.54, 1.807) is 20.8 Å². The van der Waals surface area contributed by atoms with Crippen molar-refractivity contribution in [2.24, 2.45) is 0 Å². The molecule has 11 heteroatoms. The maximum absolute atomic E-state index is 13.6. The Morgan fingerprint density at radius 3 is 2.30 bits per heavy atom. The van der Waals surface area contributed by atoms with Gasteiger partial charge >= 0.3 is 6.09 Å². The maximum Gasteiger partial charge on any atom is 0.407 e. The van der Waals surface area contributed by atoms with Gasteiger partial charge in [-0.3, -0.25) is 4.79 Å². The third kappa shape index (κ3) is 8.62. The molecule has 2 aromatic rings. The number of alkyl carbamates (subject to hydrolysis) is 1. The molecule has 0 aromatic heterocycles. The normalized spacial score (nSPS) is 11.9. The van der Waals surface area contributed by atoms with Crippen molar-refractivity contribution < 1.29 is 31.5 Å². The number of sulfonamides is 1. The summed E-state index contributed by atoms with van der Waals surface area (Å²) < 4.78 is 59.6. The first-order valence-corrected chi connectivity index (χ1v) is 11.4. The highest BCUT2D eigenvalue weighted by Gasteiger charge is 2.17. The number of carbonyl (C=O) groups is 2. The summed E-state index contributed by atoms with van der Waals surface area (Å²) in [6.45, 7) is 5.02. The molecule has 0 aliphatic carbocycles. The van der Waals surface area contributed by atoms with Crippen molar-refractivity contribution >= 4 is 33.8 Å². The number of nitrogens with one attached hydrogen (secondary N) is 3. The van der Waals surface area contributed by atoms with E-state index < -0.39 is 39.3 Å². The summed E-state index contributed by atoms with van der Waals surface area (Å²) in [5.41, 5.74) is -0.880. The number of benzene rings is 2. The first-order valence-electron chi connectivity index (χ1n) is 9.87. The summed E-state index contributed by atoms with van der Waals surface area (Å²) in [5, 5.41) is 4.86. The van der Waals surface area contributed by atoms with Gasteiger partial charge < -0.3 is 15.4 Å². The van der Waals surface area contributed by atoms with Crippen molar-refractivity contribution in [3.63, 3.8) is 0 Å². The molecule has 8 nitrogen and oxygen atoms in total. The Bertz CT molecular complexity index is 1120. The molecule has 3 N–H and O–H groups in total. The number of hydrogen-bond acceptors (Lipinski definition) is 5. The third-order valence-corrected chi connectivity index (χ3v) is 5.36. The van der Waals surface area contributed by atoms with Gasteiger partial charge in [-0.05, 0) is 57.2 Å². The first-order chi connectivity index (χ1) is 15.4. The van der Waals surface area contributed by atoms with Gasteiger partial charge in [0.25, 0.3) is 0 Å². The quantitative estimate of drug-likeness (QED) is 0.395. The highest BCUT2D eigenvalue weighted by molar-refractivity contribution is 7.89. The zero-order chi connectivity index (χ0) is 24.6. The molecule has 2 amide bonds. The summed E-state index contributed by atoms with van der Waals surface area (Å²) in [5.74, 6) is -2.35. The molecule has 178 valence electrons. The van der Waals surface area contributed by atoms with Gasteiger partial charge in [-0.25, -0.2) is 26.7 Å². The van der Waals surface area contributed by atoms with Crippen LogP contribution in [0.1, 0.15) is 26.3 Å². The highest BCUT2D eigenvalue weighted by atomic mass is 32.2. The van der Waals surface area contributed by atoms with Crippen molar-refractivity contribution in [2.45, 2.75) is 31.3 Å². The fourth-order valence-electron chi connectivity index (χ4n) is 2.50. The zero-order valence-electron chi connectivity index (χ0n) is 18.3. The van der Waals surface area contributed by atoms with Crippen LogP contribution in [0.4, 0.5) is 19.3 Å². The summed E-state index contributed by atoms with van der Waals surface area (Å²) in [6.07, 6.45) is 1.25. The van der Waals surface area contributed by atoms with Crippen LogP contribution in [0.2, 0.25) is 0 Å². The van der Waals surface area contributed by atoms with Crippen LogP contribution in [-0.2, 0) is 19.6 Å². The van der Waals surface area contributed by atoms with Crippen molar-refractivity contribution in [3.05, 3.63) is 65.7 Å². The molecule has 0 saturated carbocycles. The van der Waals surface area contributed by atoms with E-state index in [1.807, 2.05) is 0 Å². The second kappa shape index (κ2) is 11.0. The zero-order valence-corrected chi connectivity index (χ0v) is 19.1. The summed E-state index contributed by atoms with van der Waals surface area (Å²) in [7, 11) is -3.93. The molecule has 0 spiro atoms. The van der Waals surface area contributed by atoms with Gasteiger partial charge in [0, 0.05) is 30.4 Å². The smallest absolute Gasteiger partial charge is 0.407 e. The largest absolute Gasteiger partial charge is 0.444 e. The Balaban J connectivity index is 1.95. The monoisotopic (exact) mass is 481 g/mol. The Kier molecular flexibility index (Phi) is 8.66. The van der Waals surface area contributed by atoms with Crippen LogP contribution < -0.4 is 15.4 Å². The van der Waals surface area contributed by atoms with Crippen LogP contribution >= 0.6 is 0 Å². The lowest BCUT2D eigenvalue weighted by Crippen LogP contribution is -2.37. The number of amides is 2. The minimum atomic E-state index is -3.93. The molecule has 0 aliphatic rings. The number of carbonyl (C=O) groups excluding carboxylic acids is 2. The van der Waals surface area contributed by atoms with Crippen LogP contribution in [-0.4, -0.2) is 39.1 Å². The number of hydrogen-bond donors (Lipinski definition) is 3. The topological polar surface area (TPSA) is 114 Å². The molecule has 0 aliphatic heterocycles. The molecular formula is C22H25F2N3O5S. The molecule has 0 fully saturated rings. The molecule has 33 heavy (non-hydrogen) atoms. The summed E-state index contributed by atoms with van der Waals surface area (Å²) in [6, 6.07) is 8.75. The van der Waals surface area contributed by atoms with E-state index in [1.165, 1.54) is 30.3 Å². The maximum atomic E-state index is 13.6. The Morgan fingerprint density at radius 2 is 1.67 bits per heavy atom. The second-order valence-electron chi connectivity index (χ2n) is 7.81. The standard InChI is InChI=1S/C22H25F2N3O5S/c1-22(2,3)32-21(29)25-12-13-26-33(30,31)16-7-4-6-15(14-16)27-20(28)11-10-17-18(23)8-5-9-19(17)24/h4-11,14,26H,12-13H2,1-3H3,(H,25,29)(H,27,28)/b11-10+. The van der Waals surface area contributed by atoms with Gasteiger partial charge in [-0.15, -0.1) is 0 Å². The van der Waals surface area contributed by atoms with Crippen molar-refractivity contribution in [3.8, 4) is 0 Å². The Hall–Kier alpha value is -3.31. The lowest BCUT2D eigenvalue weighted by molar-refractivity contribution is -0.111. The van der Waals surface area contributed by atoms with E-state index in [9.17, 15) is 26.8 Å². The number of rotatable bonds is 8. The van der Waals surface area contributed by atoms with E-state index in [2.05, 4.69) is 15.4 Å². The Labute approximate surface area is 191 Å². The number of ether oxygens (including phenoxy) is 1. The number of anilines is 1. The highest BCUT2D eigenvalue weighted by Crippen LogP contribution is 2.17. The molecule has 0 atom stereocenters. The predicted octanol–water partition coefficient (Wildman–Crippen LogP) is 3.42. The van der Waals surface area contributed by atoms with Gasteiger partial charge in [-0.2, -0.15) is 0 Å². The molecule has 0 bridgehead atoms. The molecule has 0 saturated heterocycles. The van der Waals surface area contributed by atoms with Crippen LogP contribution in [0, 0.1) is 11.6 Å². The molecule has 2 aromatic carbocycles. The van der Waals surface area contributed by atoms with Crippen molar-refractivity contribution in [1.29, 1.82) is 0 Å². The lowest BCUT2D eigenvalue weighted by Gasteiger charge is -2.19. The fourth-order valence-corrected chi connectivity index (χ4v) is 3.58. The average Bonchev–Trinajstić information content (AvgIpc) is 2.70. The predicted molar refractivity (Wildman–Crippen MR) is 120 cm³/mol. The number of halogens is 2. The van der Waals surface area contributed by atoms with Crippen LogP contribution in [0.5, 0.6) is 0 Å². The SMILES string of the molecule is CC(C)(C)OC(=O)NCCNS(=O)(=O)c1cccc(NC(=O)/C=C/c2c(F)cccc2F)c1. The lowest BCUT2D eigenvalue weighted by atomic mass is 10.2. The van der Waals surface area contributed by atoms with Gasteiger partial charge in [0.1, 0.15) is 17.2 Å². The van der Waals surface area contributed by atoms with E-state index in [0.29, 0.717) is 0 Å². The first kappa shape index (κ1) is 25.9. The van der Waals surface area contributed by atoms with Crippen LogP contribution in [0.25, 0.3) is 6.08 Å². The van der Waals surface area contributed by atoms with Gasteiger partial charge in [0.2, 0.25) is 15.9 Å². The molecule has 0 unspecified atom stereocenters. The summed E-state index contributed by atoms with van der Waals surface area (Å²) in [4.78, 5) is 23.5. The van der Waals surface area contributed by atoms with Gasteiger partial charge in [0.15, 0.2) is 0 Å². The van der Waals surface area contributed by atoms with Gasteiger partial charge in [0.05, 0.1) is 4.90 Å². The van der Waals surface area contributed by atoms with Crippen molar-refractivity contribution in [1.82, 2.24) is 10.0 Å². The summed E-state index contributed by atoms with van der Waals surface area (Å²) >= 11 is 0. The van der Waals surface area contributed by atoms with E-state index in [4.69, 9.17) is 4.74 Å². The van der Waals surface area contributed by atoms with E-state index in [0.717, 1.165) is 24.3 Å². The molecule has 0 heterocycles. The third-order valence-electron chi connectivity index (χ3n) is 3.90. The average molecular weight is 482 g/mol. The van der Waals surface area contributed by atoms with Gasteiger partial charge in [-0.1, -0.05) is 12.1 Å². The molecule has 0 radical (unpaired) electrons. The van der Waals surface area contributed by atoms with E-state index >= 15 is 0 Å². The minimum absolute atomic E-state index is 0.00195. The Morgan fingerprint density at radius 1 is 1.03 bits per heavy atom. The second-order valence-corrected chi connectivity index (χ2v) is 9.58. The van der Waals surface area contributed by atoms with Crippen LogP contribution in [0.15, 0.2) is 53.4 Å². The fraction of sp³-hybridized carbons (Fsp3) is 0.273. The molecular weight excluding hydrogens is 456 g/mol. The van der Waals surface area contributed by atoms with Crippen LogP contribution in [0.3, 0.4) is 0 Å². The molecule has 2 rings (SSSR count). The van der Waals surface area contributed by atoms with Crippen molar-refractivity contribution in [2.75, 3.05) is 18.4 Å². The minimum Gasteiger partial charge on any atom is -0.444 e. The van der Waals surface area contributed by atoms with E-state index in [-0.39, 0.29) is 29.2 Å².